The van der Waals surface area contributed by atoms with E-state index in [1.807, 2.05) is 26.8 Å². The first kappa shape index (κ1) is 25.5. The van der Waals surface area contributed by atoms with Crippen molar-refractivity contribution in [3.63, 3.8) is 0 Å². The molecule has 34 heavy (non-hydrogen) atoms. The second kappa shape index (κ2) is 10.4. The molecule has 5 heteroatoms. The van der Waals surface area contributed by atoms with Gasteiger partial charge < -0.3 is 4.74 Å². The summed E-state index contributed by atoms with van der Waals surface area (Å²) in [6, 6.07) is 9.45. The van der Waals surface area contributed by atoms with Crippen LogP contribution in [0.4, 0.5) is 5.69 Å². The number of rotatable bonds is 8. The van der Waals surface area contributed by atoms with Gasteiger partial charge in [0.2, 0.25) is 0 Å². The van der Waals surface area contributed by atoms with Crippen LogP contribution in [0.1, 0.15) is 56.4 Å². The number of allylic oxidation sites excluding steroid dienone is 3. The molecule has 0 aromatic heterocycles. The molecule has 0 aliphatic heterocycles. The Morgan fingerprint density at radius 1 is 1.29 bits per heavy atom. The molecular weight excluding hydrogens is 440 g/mol. The molecule has 0 saturated carbocycles. The van der Waals surface area contributed by atoms with E-state index in [1.54, 1.807) is 18.2 Å². The maximum atomic E-state index is 12.7. The molecule has 1 aliphatic carbocycles. The molecule has 4 nitrogen and oxygen atoms in total. The highest BCUT2D eigenvalue weighted by atomic mass is 32.2. The summed E-state index contributed by atoms with van der Waals surface area (Å²) >= 11 is 0. The van der Waals surface area contributed by atoms with E-state index < -0.39 is 9.71 Å². The van der Waals surface area contributed by atoms with Crippen LogP contribution in [0.2, 0.25) is 0 Å². The lowest BCUT2D eigenvalue weighted by molar-refractivity contribution is 0.243. The Labute approximate surface area is 204 Å². The Balaban J connectivity index is 2.15. The molecule has 2 aromatic carbocycles. The molecule has 0 fully saturated rings. The van der Waals surface area contributed by atoms with Crippen LogP contribution in [0.5, 0.6) is 5.75 Å². The minimum Gasteiger partial charge on any atom is -0.489 e. The second-order valence-electron chi connectivity index (χ2n) is 8.75. The molecule has 0 radical (unpaired) electrons. The van der Waals surface area contributed by atoms with Gasteiger partial charge in [0.1, 0.15) is 11.4 Å². The average molecular weight is 475 g/mol. The lowest BCUT2D eigenvalue weighted by atomic mass is 9.88. The monoisotopic (exact) mass is 474 g/mol. The van der Waals surface area contributed by atoms with E-state index in [0.717, 1.165) is 35.3 Å². The van der Waals surface area contributed by atoms with Crippen molar-refractivity contribution in [2.45, 2.75) is 58.0 Å². The molecule has 0 spiro atoms. The molecule has 0 heterocycles. The van der Waals surface area contributed by atoms with Crippen molar-refractivity contribution >= 4 is 37.8 Å². The van der Waals surface area contributed by atoms with E-state index in [4.69, 9.17) is 14.9 Å². The number of benzene rings is 2. The lowest BCUT2D eigenvalue weighted by Crippen LogP contribution is -2.13. The van der Waals surface area contributed by atoms with Gasteiger partial charge >= 0.3 is 0 Å². The Morgan fingerprint density at radius 2 is 2.03 bits per heavy atom. The van der Waals surface area contributed by atoms with Crippen molar-refractivity contribution < 1.29 is 8.95 Å². The third-order valence-corrected chi connectivity index (χ3v) is 7.09. The predicted octanol–water partition coefficient (Wildman–Crippen LogP) is 6.46. The summed E-state index contributed by atoms with van der Waals surface area (Å²) in [5, 5.41) is 8.37. The summed E-state index contributed by atoms with van der Waals surface area (Å²) in [7, 11) is -2.96. The summed E-state index contributed by atoms with van der Waals surface area (Å²) in [6.07, 6.45) is 6.45. The Kier molecular flexibility index (Phi) is 7.83. The molecule has 0 amide bonds. The maximum Gasteiger partial charge on any atom is 0.145 e. The molecule has 2 N–H and O–H groups in total. The van der Waals surface area contributed by atoms with Gasteiger partial charge in [0.05, 0.1) is 20.7 Å². The van der Waals surface area contributed by atoms with E-state index >= 15 is 0 Å². The van der Waals surface area contributed by atoms with E-state index in [0.29, 0.717) is 22.8 Å². The summed E-state index contributed by atoms with van der Waals surface area (Å²) in [6.45, 7) is 19.8. The summed E-state index contributed by atoms with van der Waals surface area (Å²) in [5.74, 6) is 0.627. The van der Waals surface area contributed by atoms with Crippen LogP contribution in [-0.4, -0.2) is 21.0 Å². The first-order valence-electron chi connectivity index (χ1n) is 11.5. The number of aliphatic imine (C=N–C) groups is 1. The zero-order valence-corrected chi connectivity index (χ0v) is 21.4. The van der Waals surface area contributed by atoms with Crippen molar-refractivity contribution in [1.82, 2.24) is 0 Å². The third-order valence-electron chi connectivity index (χ3n) is 5.71. The van der Waals surface area contributed by atoms with Crippen LogP contribution in [0.15, 0.2) is 71.6 Å². The molecule has 0 saturated heterocycles. The molecule has 1 unspecified atom stereocenters. The van der Waals surface area contributed by atoms with E-state index in [-0.39, 0.29) is 6.10 Å². The first-order chi connectivity index (χ1) is 16.1. The van der Waals surface area contributed by atoms with Crippen molar-refractivity contribution in [3.8, 4) is 5.75 Å². The quantitative estimate of drug-likeness (QED) is 0.352. The number of nitrogens with two attached hydrogens (primary N) is 1. The number of fused-ring (bicyclic) bond motifs is 1. The fraction of sp³-hybridized carbons (Fsp3) is 0.276. The number of nitrogens with zero attached hydrogens (tertiary/aromatic N) is 1. The number of hydrogen-bond acceptors (Lipinski definition) is 3. The van der Waals surface area contributed by atoms with Crippen molar-refractivity contribution in [3.05, 3.63) is 84.0 Å². The van der Waals surface area contributed by atoms with Crippen molar-refractivity contribution in [2.24, 2.45) is 10.1 Å². The summed E-state index contributed by atoms with van der Waals surface area (Å²) in [5.41, 5.74) is 8.58. The van der Waals surface area contributed by atoms with Gasteiger partial charge in [-0.25, -0.2) is 9.35 Å². The van der Waals surface area contributed by atoms with Crippen LogP contribution in [0.25, 0.3) is 11.6 Å². The molecule has 3 rings (SSSR count). The van der Waals surface area contributed by atoms with Gasteiger partial charge in [0, 0.05) is 18.6 Å². The van der Waals surface area contributed by atoms with Crippen LogP contribution in [0, 0.1) is 0 Å². The van der Waals surface area contributed by atoms with Gasteiger partial charge in [-0.3, -0.25) is 4.99 Å². The smallest absolute Gasteiger partial charge is 0.145 e. The molecule has 1 aliphatic rings. The van der Waals surface area contributed by atoms with Gasteiger partial charge in [-0.15, -0.1) is 0 Å². The number of hydrogen-bond donors (Lipinski definition) is 1. The predicted molar refractivity (Wildman–Crippen MR) is 148 cm³/mol. The highest BCUT2D eigenvalue weighted by Gasteiger charge is 2.24. The standard InChI is InChI=1S/C29H34N2O2S/c1-8-11-25(19(4)5)29-21(9-2)12-13-22-16-23(17-26(22)29)31-27-18-24(34(30,32)10-3)14-15-28(27)33-20(6)7/h9,11-15,18,20H,2-4,8,16-17H2,1,5-7H3,(H2,30,32). The Hall–Kier alpha value is -3.11. The number of ether oxygens (including phenoxy) is 1. The van der Waals surface area contributed by atoms with Gasteiger partial charge in [0.15, 0.2) is 0 Å². The highest BCUT2D eigenvalue weighted by molar-refractivity contribution is 7.98. The summed E-state index contributed by atoms with van der Waals surface area (Å²) in [4.78, 5) is 5.40. The fourth-order valence-corrected chi connectivity index (χ4v) is 4.93. The Bertz CT molecular complexity index is 1350. The molecular formula is C29H34N2O2S. The van der Waals surface area contributed by atoms with Crippen molar-refractivity contribution in [1.29, 1.82) is 0 Å². The van der Waals surface area contributed by atoms with Gasteiger partial charge in [-0.2, -0.15) is 0 Å². The summed E-state index contributed by atoms with van der Waals surface area (Å²) < 4.78 is 18.6. The van der Waals surface area contributed by atoms with Gasteiger partial charge in [-0.05, 0) is 84.8 Å². The minimum atomic E-state index is -2.96. The molecule has 1 atom stereocenters. The van der Waals surface area contributed by atoms with E-state index in [9.17, 15) is 4.21 Å². The SMILES string of the molecule is C=C=S(N)(=O)c1ccc(OC(C)C)c(N=C2Cc3ccc(C=C)c(C(=CCC)C(=C)C)c3C2)c1. The van der Waals surface area contributed by atoms with Crippen LogP contribution >= 0.6 is 0 Å². The topological polar surface area (TPSA) is 64.7 Å². The molecule has 2 aromatic rings. The molecule has 178 valence electrons. The maximum absolute atomic E-state index is 12.7. The third kappa shape index (κ3) is 5.34. The zero-order chi connectivity index (χ0) is 25.0. The largest absolute Gasteiger partial charge is 0.489 e. The van der Waals surface area contributed by atoms with Crippen LogP contribution < -0.4 is 9.88 Å². The molecule has 0 bridgehead atoms. The fourth-order valence-electron chi connectivity index (χ4n) is 4.20. The highest BCUT2D eigenvalue weighted by Crippen LogP contribution is 2.37. The second-order valence-corrected chi connectivity index (χ2v) is 10.7. The van der Waals surface area contributed by atoms with E-state index in [2.05, 4.69) is 49.9 Å². The van der Waals surface area contributed by atoms with Crippen LogP contribution in [0.3, 0.4) is 0 Å². The van der Waals surface area contributed by atoms with Gasteiger partial charge in [-0.1, -0.05) is 49.9 Å². The lowest BCUT2D eigenvalue weighted by Gasteiger charge is -2.16. The zero-order valence-electron chi connectivity index (χ0n) is 20.6. The van der Waals surface area contributed by atoms with Crippen molar-refractivity contribution in [2.75, 3.05) is 0 Å². The average Bonchev–Trinajstić information content (AvgIpc) is 3.20. The Morgan fingerprint density at radius 3 is 2.62 bits per heavy atom. The van der Waals surface area contributed by atoms with Gasteiger partial charge in [0.25, 0.3) is 0 Å². The van der Waals surface area contributed by atoms with Crippen LogP contribution in [-0.2, 0) is 22.5 Å². The first-order valence-corrected chi connectivity index (χ1v) is 13.1. The van der Waals surface area contributed by atoms with E-state index in [1.165, 1.54) is 16.7 Å². The normalized spacial score (nSPS) is 16.2. The minimum absolute atomic E-state index is 0.0298.